The normalized spacial score (nSPS) is 14.6. The predicted molar refractivity (Wildman–Crippen MR) is 174 cm³/mol. The number of rotatable bonds is 3. The Morgan fingerprint density at radius 1 is 0.475 bits per heavy atom. The van der Waals surface area contributed by atoms with E-state index < -0.39 is 0 Å². The summed E-state index contributed by atoms with van der Waals surface area (Å²) in [6, 6.07) is 38.5. The van der Waals surface area contributed by atoms with E-state index in [0.717, 1.165) is 25.7 Å². The zero-order chi connectivity index (χ0) is 26.5. The average Bonchev–Trinajstić information content (AvgIpc) is 3.03. The number of benzene rings is 6. The fourth-order valence-corrected chi connectivity index (χ4v) is 6.85. The zero-order valence-corrected chi connectivity index (χ0v) is 22.5. The van der Waals surface area contributed by atoms with Crippen LogP contribution in [-0.4, -0.2) is 0 Å². The van der Waals surface area contributed by atoms with Crippen molar-refractivity contribution >= 4 is 50.0 Å². The Hall–Kier alpha value is -4.68. The molecule has 0 radical (unpaired) electrons. The zero-order valence-electron chi connectivity index (χ0n) is 22.5. The monoisotopic (exact) mass is 510 g/mol. The van der Waals surface area contributed by atoms with Crippen LogP contribution in [0.25, 0.3) is 72.3 Å². The SMILES string of the molecule is C1=CCCC(c2ccc3ccc(-c4c5c(c(-c6cccc7ccccc67)c6ccccc46)=CCCC=5)cc3c2)=C1. The van der Waals surface area contributed by atoms with E-state index in [9.17, 15) is 0 Å². The molecule has 8 rings (SSSR count). The van der Waals surface area contributed by atoms with Crippen molar-refractivity contribution in [2.24, 2.45) is 0 Å². The summed E-state index contributed by atoms with van der Waals surface area (Å²) in [4.78, 5) is 0. The number of hydrogen-bond donors (Lipinski definition) is 0. The van der Waals surface area contributed by atoms with E-state index in [2.05, 4.69) is 134 Å². The van der Waals surface area contributed by atoms with E-state index in [1.54, 1.807) is 0 Å². The summed E-state index contributed by atoms with van der Waals surface area (Å²) in [6.45, 7) is 0. The third-order valence-electron chi connectivity index (χ3n) is 8.73. The van der Waals surface area contributed by atoms with Crippen LogP contribution >= 0.6 is 0 Å². The highest BCUT2D eigenvalue weighted by molar-refractivity contribution is 6.10. The molecule has 6 aromatic carbocycles. The largest absolute Gasteiger partial charge is 0.0842 e. The molecule has 0 fully saturated rings. The van der Waals surface area contributed by atoms with E-state index in [1.807, 2.05) is 0 Å². The molecule has 0 nitrogen and oxygen atoms in total. The number of allylic oxidation sites excluding steroid dienone is 4. The predicted octanol–water partition coefficient (Wildman–Crippen LogP) is 9.57. The fourth-order valence-electron chi connectivity index (χ4n) is 6.85. The topological polar surface area (TPSA) is 0 Å². The molecule has 190 valence electrons. The van der Waals surface area contributed by atoms with Gasteiger partial charge in [-0.15, -0.1) is 0 Å². The van der Waals surface area contributed by atoms with Crippen molar-refractivity contribution in [2.45, 2.75) is 25.7 Å². The molecule has 0 saturated carbocycles. The van der Waals surface area contributed by atoms with Crippen molar-refractivity contribution in [2.75, 3.05) is 0 Å². The summed E-state index contributed by atoms with van der Waals surface area (Å²) in [5.74, 6) is 0. The Labute approximate surface area is 234 Å². The maximum Gasteiger partial charge on any atom is -0.00235 e. The lowest BCUT2D eigenvalue weighted by Crippen LogP contribution is -2.31. The standard InChI is InChI=1S/C40H30/c1-2-11-27(12-3-1)30-23-21-28-22-24-31(26-32(28)25-30)39-35-16-6-8-18-37(35)40(38-19-9-7-17-36(38)39)34-20-10-14-29-13-4-5-15-33(29)34/h1-2,4-6,8,10-11,13-26H,3,7,9,12H2. The lowest BCUT2D eigenvalue weighted by molar-refractivity contribution is 1.05. The molecule has 0 heterocycles. The molecule has 40 heavy (non-hydrogen) atoms. The van der Waals surface area contributed by atoms with Gasteiger partial charge in [0.25, 0.3) is 0 Å². The first-order valence-electron chi connectivity index (χ1n) is 14.5. The van der Waals surface area contributed by atoms with Gasteiger partial charge in [-0.3, -0.25) is 0 Å². The lowest BCUT2D eigenvalue weighted by atomic mass is 9.84. The second-order valence-corrected chi connectivity index (χ2v) is 11.1. The van der Waals surface area contributed by atoms with Gasteiger partial charge in [0.05, 0.1) is 0 Å². The average molecular weight is 511 g/mol. The highest BCUT2D eigenvalue weighted by Gasteiger charge is 2.17. The van der Waals surface area contributed by atoms with Gasteiger partial charge in [0.1, 0.15) is 0 Å². The molecule has 0 unspecified atom stereocenters. The molecule has 2 aliphatic rings. The first-order valence-corrected chi connectivity index (χ1v) is 14.5. The molecule has 0 bridgehead atoms. The Morgan fingerprint density at radius 3 is 1.95 bits per heavy atom. The third-order valence-corrected chi connectivity index (χ3v) is 8.73. The van der Waals surface area contributed by atoms with Gasteiger partial charge in [-0.05, 0) is 114 Å². The smallest absolute Gasteiger partial charge is 0.00235 e. The van der Waals surface area contributed by atoms with E-state index in [1.165, 1.54) is 76.1 Å². The molecular formula is C40H30. The molecule has 0 N–H and O–H groups in total. The van der Waals surface area contributed by atoms with Crippen LogP contribution in [0, 0.1) is 0 Å². The van der Waals surface area contributed by atoms with Gasteiger partial charge in [-0.2, -0.15) is 0 Å². The van der Waals surface area contributed by atoms with E-state index in [0.29, 0.717) is 0 Å². The van der Waals surface area contributed by atoms with Crippen LogP contribution < -0.4 is 10.4 Å². The van der Waals surface area contributed by atoms with Gasteiger partial charge >= 0.3 is 0 Å². The van der Waals surface area contributed by atoms with Crippen LogP contribution in [-0.2, 0) is 0 Å². The van der Waals surface area contributed by atoms with Crippen molar-refractivity contribution in [3.8, 4) is 22.3 Å². The molecule has 0 aromatic heterocycles. The van der Waals surface area contributed by atoms with Gasteiger partial charge in [-0.25, -0.2) is 0 Å². The van der Waals surface area contributed by atoms with Gasteiger partial charge in [0, 0.05) is 0 Å². The van der Waals surface area contributed by atoms with Gasteiger partial charge in [0.2, 0.25) is 0 Å². The Bertz CT molecular complexity index is 2150. The van der Waals surface area contributed by atoms with Crippen molar-refractivity contribution in [1.29, 1.82) is 0 Å². The van der Waals surface area contributed by atoms with Crippen LogP contribution in [0.4, 0.5) is 0 Å². The maximum absolute atomic E-state index is 2.48. The van der Waals surface area contributed by atoms with Gasteiger partial charge < -0.3 is 0 Å². The van der Waals surface area contributed by atoms with Crippen molar-refractivity contribution in [3.05, 3.63) is 137 Å². The second-order valence-electron chi connectivity index (χ2n) is 11.1. The summed E-state index contributed by atoms with van der Waals surface area (Å²) in [5, 5.41) is 10.6. The van der Waals surface area contributed by atoms with Gasteiger partial charge in [-0.1, -0.05) is 121 Å². The van der Waals surface area contributed by atoms with Crippen molar-refractivity contribution < 1.29 is 0 Å². The maximum atomic E-state index is 2.48. The summed E-state index contributed by atoms with van der Waals surface area (Å²) < 4.78 is 0. The third kappa shape index (κ3) is 3.75. The molecule has 0 saturated heterocycles. The van der Waals surface area contributed by atoms with Gasteiger partial charge in [0.15, 0.2) is 0 Å². The molecule has 0 spiro atoms. The Balaban J connectivity index is 1.43. The summed E-state index contributed by atoms with van der Waals surface area (Å²) in [7, 11) is 0. The summed E-state index contributed by atoms with van der Waals surface area (Å²) in [5.41, 5.74) is 8.11. The molecule has 0 heteroatoms. The van der Waals surface area contributed by atoms with Crippen molar-refractivity contribution in [1.82, 2.24) is 0 Å². The summed E-state index contributed by atoms with van der Waals surface area (Å²) >= 11 is 0. The lowest BCUT2D eigenvalue weighted by Gasteiger charge is -2.19. The van der Waals surface area contributed by atoms with Crippen LogP contribution in [0.15, 0.2) is 121 Å². The number of fused-ring (bicyclic) bond motifs is 4. The molecule has 6 aromatic rings. The highest BCUT2D eigenvalue weighted by Crippen LogP contribution is 2.36. The first-order chi connectivity index (χ1) is 19.8. The van der Waals surface area contributed by atoms with E-state index in [4.69, 9.17) is 0 Å². The Morgan fingerprint density at radius 2 is 1.15 bits per heavy atom. The minimum atomic E-state index is 1.08. The Kier molecular flexibility index (Phi) is 5.52. The molecule has 0 amide bonds. The molecule has 0 atom stereocenters. The molecule has 0 aliphatic heterocycles. The highest BCUT2D eigenvalue weighted by atomic mass is 14.2. The second kappa shape index (κ2) is 9.50. The van der Waals surface area contributed by atoms with Crippen LogP contribution in [0.3, 0.4) is 0 Å². The minimum absolute atomic E-state index is 1.08. The first kappa shape index (κ1) is 23.2. The van der Waals surface area contributed by atoms with E-state index in [-0.39, 0.29) is 0 Å². The van der Waals surface area contributed by atoms with Crippen LogP contribution in [0.1, 0.15) is 31.2 Å². The summed E-state index contributed by atoms with van der Waals surface area (Å²) in [6.07, 6.45) is 16.1. The van der Waals surface area contributed by atoms with Crippen LogP contribution in [0.2, 0.25) is 0 Å². The van der Waals surface area contributed by atoms with Crippen molar-refractivity contribution in [3.63, 3.8) is 0 Å². The van der Waals surface area contributed by atoms with E-state index >= 15 is 0 Å². The molecule has 2 aliphatic carbocycles. The quantitative estimate of drug-likeness (QED) is 0.222. The molecular weight excluding hydrogens is 480 g/mol. The minimum Gasteiger partial charge on any atom is -0.0842 e. The fraction of sp³-hybridized carbons (Fsp3) is 0.100. The number of hydrogen-bond acceptors (Lipinski definition) is 0. The van der Waals surface area contributed by atoms with Crippen LogP contribution in [0.5, 0.6) is 0 Å².